The second-order valence-corrected chi connectivity index (χ2v) is 18.9. The monoisotopic (exact) mass is 935 g/mol. The standard InChI is InChI=1S/C61H106O6/c1-4-7-10-13-16-19-22-25-27-29-30-32-33-36-39-42-45-48-51-54-60(63)66-57-58(56-65-59(62)53-50-47-44-41-38-35-24-21-18-15-12-9-6-3)67-61(64)55-52-49-46-43-40-37-34-31-28-26-23-20-17-14-11-8-5-2/h9,12,15-16,18-19,21-22,24-26,28,58H,4-8,10-11,13-14,17,20,23,27,29-57H2,1-3H3/b12-9-,18-15-,19-16-,24-21-,25-22-,28-26-. The number of hydrogen-bond acceptors (Lipinski definition) is 6. The number of carbonyl (C=O) groups is 3. The predicted octanol–water partition coefficient (Wildman–Crippen LogP) is 19.0. The highest BCUT2D eigenvalue weighted by Gasteiger charge is 2.19. The first-order chi connectivity index (χ1) is 33.0. The van der Waals surface area contributed by atoms with Gasteiger partial charge in [-0.25, -0.2) is 0 Å². The molecule has 0 spiro atoms. The number of esters is 3. The summed E-state index contributed by atoms with van der Waals surface area (Å²) in [6.07, 6.45) is 70.3. The molecule has 0 saturated heterocycles. The van der Waals surface area contributed by atoms with Crippen LogP contribution < -0.4 is 0 Å². The summed E-state index contributed by atoms with van der Waals surface area (Å²) in [7, 11) is 0. The maximum Gasteiger partial charge on any atom is 0.306 e. The average Bonchev–Trinajstić information content (AvgIpc) is 3.33. The van der Waals surface area contributed by atoms with Crippen LogP contribution >= 0.6 is 0 Å². The predicted molar refractivity (Wildman–Crippen MR) is 288 cm³/mol. The lowest BCUT2D eigenvalue weighted by Gasteiger charge is -2.18. The molecule has 0 aliphatic rings. The summed E-state index contributed by atoms with van der Waals surface area (Å²) in [5.74, 6) is -0.907. The highest BCUT2D eigenvalue weighted by molar-refractivity contribution is 5.71. The lowest BCUT2D eigenvalue weighted by molar-refractivity contribution is -0.167. The Labute approximate surface area is 414 Å². The van der Waals surface area contributed by atoms with E-state index in [-0.39, 0.29) is 31.1 Å². The summed E-state index contributed by atoms with van der Waals surface area (Å²) >= 11 is 0. The highest BCUT2D eigenvalue weighted by Crippen LogP contribution is 2.15. The maximum absolute atomic E-state index is 12.8. The van der Waals surface area contributed by atoms with E-state index < -0.39 is 6.10 Å². The van der Waals surface area contributed by atoms with Crippen molar-refractivity contribution in [2.75, 3.05) is 13.2 Å². The second kappa shape index (κ2) is 55.4. The second-order valence-electron chi connectivity index (χ2n) is 18.9. The Balaban J connectivity index is 4.38. The van der Waals surface area contributed by atoms with E-state index in [1.807, 2.05) is 0 Å². The van der Waals surface area contributed by atoms with Crippen molar-refractivity contribution in [1.82, 2.24) is 0 Å². The van der Waals surface area contributed by atoms with Gasteiger partial charge in [0.1, 0.15) is 13.2 Å². The Hall–Kier alpha value is -3.15. The molecule has 6 heteroatoms. The number of hydrogen-bond donors (Lipinski definition) is 0. The molecule has 0 aromatic carbocycles. The van der Waals surface area contributed by atoms with Crippen molar-refractivity contribution >= 4 is 17.9 Å². The Morgan fingerprint density at radius 1 is 0.313 bits per heavy atom. The van der Waals surface area contributed by atoms with E-state index in [4.69, 9.17) is 14.2 Å². The van der Waals surface area contributed by atoms with Crippen LogP contribution in [-0.4, -0.2) is 37.2 Å². The maximum atomic E-state index is 12.8. The molecular formula is C61H106O6. The van der Waals surface area contributed by atoms with Gasteiger partial charge < -0.3 is 14.2 Å². The number of ether oxygens (including phenoxy) is 3. The van der Waals surface area contributed by atoms with Crippen molar-refractivity contribution in [3.05, 3.63) is 72.9 Å². The van der Waals surface area contributed by atoms with E-state index in [0.717, 1.165) is 83.5 Å². The van der Waals surface area contributed by atoms with E-state index in [9.17, 15) is 14.4 Å². The topological polar surface area (TPSA) is 78.9 Å². The van der Waals surface area contributed by atoms with Gasteiger partial charge in [0.2, 0.25) is 0 Å². The molecular weight excluding hydrogens is 829 g/mol. The van der Waals surface area contributed by atoms with E-state index >= 15 is 0 Å². The van der Waals surface area contributed by atoms with Gasteiger partial charge >= 0.3 is 17.9 Å². The first-order valence-corrected chi connectivity index (χ1v) is 28.5. The van der Waals surface area contributed by atoms with Crippen molar-refractivity contribution < 1.29 is 28.6 Å². The third-order valence-electron chi connectivity index (χ3n) is 12.3. The fourth-order valence-corrected chi connectivity index (χ4v) is 7.96. The number of rotatable bonds is 51. The molecule has 0 fully saturated rings. The third-order valence-corrected chi connectivity index (χ3v) is 12.3. The van der Waals surface area contributed by atoms with Crippen molar-refractivity contribution in [3.63, 3.8) is 0 Å². The molecule has 0 amide bonds. The van der Waals surface area contributed by atoms with Gasteiger partial charge in [0.15, 0.2) is 6.10 Å². The van der Waals surface area contributed by atoms with E-state index in [2.05, 4.69) is 93.7 Å². The van der Waals surface area contributed by atoms with Crippen LogP contribution in [-0.2, 0) is 28.6 Å². The van der Waals surface area contributed by atoms with Crippen molar-refractivity contribution in [3.8, 4) is 0 Å². The summed E-state index contributed by atoms with van der Waals surface area (Å²) in [5, 5.41) is 0. The molecule has 1 unspecified atom stereocenters. The highest BCUT2D eigenvalue weighted by atomic mass is 16.6. The molecule has 0 rings (SSSR count). The average molecular weight is 936 g/mol. The summed E-state index contributed by atoms with van der Waals surface area (Å²) in [6.45, 7) is 6.47. The molecule has 0 aliphatic carbocycles. The zero-order chi connectivity index (χ0) is 48.6. The van der Waals surface area contributed by atoms with Crippen LogP contribution in [0.2, 0.25) is 0 Å². The van der Waals surface area contributed by atoms with Gasteiger partial charge in [0, 0.05) is 19.3 Å². The molecule has 6 nitrogen and oxygen atoms in total. The minimum Gasteiger partial charge on any atom is -0.462 e. The minimum atomic E-state index is -0.787. The summed E-state index contributed by atoms with van der Waals surface area (Å²) in [6, 6.07) is 0. The fraction of sp³-hybridized carbons (Fsp3) is 0.754. The van der Waals surface area contributed by atoms with Gasteiger partial charge in [-0.2, -0.15) is 0 Å². The smallest absolute Gasteiger partial charge is 0.306 e. The van der Waals surface area contributed by atoms with Gasteiger partial charge in [-0.15, -0.1) is 0 Å². The molecule has 67 heavy (non-hydrogen) atoms. The number of carbonyl (C=O) groups excluding carboxylic acids is 3. The molecule has 386 valence electrons. The zero-order valence-corrected chi connectivity index (χ0v) is 44.2. The molecule has 0 heterocycles. The molecule has 0 aromatic heterocycles. The largest absolute Gasteiger partial charge is 0.462 e. The van der Waals surface area contributed by atoms with Crippen LogP contribution in [0.3, 0.4) is 0 Å². The van der Waals surface area contributed by atoms with E-state index in [1.165, 1.54) is 154 Å². The Kier molecular flexibility index (Phi) is 52.8. The SMILES string of the molecule is CC\C=C/C=C\C=C/CCCCCCCC(=O)OCC(COC(=O)CCCCCCCCCCCC/C=C\C=C/CCCCC)OC(=O)CCCCCCCCC/C=C\CCCCCCCC. The Bertz CT molecular complexity index is 1260. The van der Waals surface area contributed by atoms with Gasteiger partial charge in [-0.05, 0) is 89.9 Å². The van der Waals surface area contributed by atoms with E-state index in [0.29, 0.717) is 19.3 Å². The van der Waals surface area contributed by atoms with Crippen LogP contribution in [0.5, 0.6) is 0 Å². The van der Waals surface area contributed by atoms with Crippen molar-refractivity contribution in [1.29, 1.82) is 0 Å². The van der Waals surface area contributed by atoms with Gasteiger partial charge in [0.05, 0.1) is 0 Å². The number of allylic oxidation sites excluding steroid dienone is 12. The molecule has 0 aliphatic heterocycles. The first kappa shape index (κ1) is 63.8. The van der Waals surface area contributed by atoms with Gasteiger partial charge in [-0.3, -0.25) is 14.4 Å². The molecule has 0 saturated carbocycles. The number of unbranched alkanes of at least 4 members (excludes halogenated alkanes) is 31. The van der Waals surface area contributed by atoms with Crippen LogP contribution in [0.25, 0.3) is 0 Å². The zero-order valence-electron chi connectivity index (χ0n) is 44.2. The van der Waals surface area contributed by atoms with Crippen molar-refractivity contribution in [2.45, 2.75) is 284 Å². The van der Waals surface area contributed by atoms with Crippen LogP contribution in [0.1, 0.15) is 278 Å². The van der Waals surface area contributed by atoms with Crippen molar-refractivity contribution in [2.24, 2.45) is 0 Å². The Morgan fingerprint density at radius 2 is 0.597 bits per heavy atom. The molecule has 0 bridgehead atoms. The van der Waals surface area contributed by atoms with Crippen LogP contribution in [0.4, 0.5) is 0 Å². The van der Waals surface area contributed by atoms with Crippen LogP contribution in [0.15, 0.2) is 72.9 Å². The quantitative estimate of drug-likeness (QED) is 0.0199. The minimum absolute atomic E-state index is 0.0851. The van der Waals surface area contributed by atoms with Gasteiger partial charge in [-0.1, -0.05) is 241 Å². The lowest BCUT2D eigenvalue weighted by Crippen LogP contribution is -2.30. The Morgan fingerprint density at radius 3 is 0.985 bits per heavy atom. The normalized spacial score (nSPS) is 12.6. The summed E-state index contributed by atoms with van der Waals surface area (Å²) in [4.78, 5) is 38.1. The summed E-state index contributed by atoms with van der Waals surface area (Å²) in [5.41, 5.74) is 0. The molecule has 1 atom stereocenters. The third kappa shape index (κ3) is 53.7. The van der Waals surface area contributed by atoms with Gasteiger partial charge in [0.25, 0.3) is 0 Å². The fourth-order valence-electron chi connectivity index (χ4n) is 7.96. The summed E-state index contributed by atoms with van der Waals surface area (Å²) < 4.78 is 16.8. The molecule has 0 aromatic rings. The van der Waals surface area contributed by atoms with Crippen LogP contribution in [0, 0.1) is 0 Å². The molecule has 0 radical (unpaired) electrons. The van der Waals surface area contributed by atoms with E-state index in [1.54, 1.807) is 0 Å². The lowest BCUT2D eigenvalue weighted by atomic mass is 10.1. The molecule has 0 N–H and O–H groups in total. The first-order valence-electron chi connectivity index (χ1n) is 28.5.